The summed E-state index contributed by atoms with van der Waals surface area (Å²) >= 11 is 0. The summed E-state index contributed by atoms with van der Waals surface area (Å²) < 4.78 is 20.8. The Bertz CT molecular complexity index is 785. The van der Waals surface area contributed by atoms with Gasteiger partial charge in [0.25, 0.3) is 0 Å². The van der Waals surface area contributed by atoms with Crippen molar-refractivity contribution in [2.24, 2.45) is 11.8 Å². The minimum absolute atomic E-state index is 0.0456. The average molecular weight is 480 g/mol. The molecule has 1 aromatic carbocycles. The number of amides is 1. The fourth-order valence-corrected chi connectivity index (χ4v) is 3.23. The van der Waals surface area contributed by atoms with Gasteiger partial charge in [-0.2, -0.15) is 0 Å². The molecule has 0 heterocycles. The summed E-state index contributed by atoms with van der Waals surface area (Å²) in [6.45, 7) is 10.3. The lowest BCUT2D eigenvalue weighted by Crippen LogP contribution is -2.48. The van der Waals surface area contributed by atoms with Gasteiger partial charge in [-0.05, 0) is 46.6 Å². The van der Waals surface area contributed by atoms with Crippen molar-refractivity contribution < 1.29 is 38.1 Å². The van der Waals surface area contributed by atoms with E-state index in [4.69, 9.17) is 18.9 Å². The molecule has 0 spiro atoms. The van der Waals surface area contributed by atoms with Gasteiger partial charge in [0.2, 0.25) is 0 Å². The molecular formula is C25H37NO8. The highest BCUT2D eigenvalue weighted by Crippen LogP contribution is 2.23. The number of hydrogen-bond donors (Lipinski definition) is 1. The molecule has 0 aliphatic carbocycles. The fraction of sp³-hybridized carbons (Fsp3) is 0.600. The lowest BCUT2D eigenvalue weighted by atomic mass is 9.85. The van der Waals surface area contributed by atoms with Crippen molar-refractivity contribution in [2.45, 2.75) is 72.6 Å². The van der Waals surface area contributed by atoms with Crippen LogP contribution in [0, 0.1) is 11.8 Å². The van der Waals surface area contributed by atoms with E-state index in [-0.39, 0.29) is 32.7 Å². The van der Waals surface area contributed by atoms with Crippen LogP contribution in [0.4, 0.5) is 4.79 Å². The van der Waals surface area contributed by atoms with E-state index in [1.54, 1.807) is 41.5 Å². The Morgan fingerprint density at radius 3 is 1.97 bits per heavy atom. The van der Waals surface area contributed by atoms with E-state index in [9.17, 15) is 19.2 Å². The molecule has 0 fully saturated rings. The Hall–Kier alpha value is -3.10. The maximum absolute atomic E-state index is 12.6. The van der Waals surface area contributed by atoms with Gasteiger partial charge in [0.05, 0.1) is 13.2 Å². The third kappa shape index (κ3) is 10.7. The van der Waals surface area contributed by atoms with Gasteiger partial charge < -0.3 is 24.3 Å². The van der Waals surface area contributed by atoms with Crippen molar-refractivity contribution >= 4 is 24.0 Å². The van der Waals surface area contributed by atoms with Crippen molar-refractivity contribution in [1.29, 1.82) is 0 Å². The van der Waals surface area contributed by atoms with Crippen LogP contribution in [-0.2, 0) is 39.9 Å². The van der Waals surface area contributed by atoms with E-state index in [1.165, 1.54) is 0 Å². The van der Waals surface area contributed by atoms with Crippen LogP contribution in [0.3, 0.4) is 0 Å². The summed E-state index contributed by atoms with van der Waals surface area (Å²) in [5.41, 5.74) is 0.0890. The van der Waals surface area contributed by atoms with Crippen LogP contribution in [0.5, 0.6) is 0 Å². The molecule has 9 heteroatoms. The van der Waals surface area contributed by atoms with Crippen LogP contribution >= 0.6 is 0 Å². The lowest BCUT2D eigenvalue weighted by molar-refractivity contribution is -0.164. The summed E-state index contributed by atoms with van der Waals surface area (Å²) in [7, 11) is 0. The topological polar surface area (TPSA) is 117 Å². The molecule has 1 amide bonds. The first-order valence-corrected chi connectivity index (χ1v) is 11.5. The Morgan fingerprint density at radius 1 is 0.912 bits per heavy atom. The molecule has 0 radical (unpaired) electrons. The van der Waals surface area contributed by atoms with Gasteiger partial charge in [-0.1, -0.05) is 37.3 Å². The molecule has 2 unspecified atom stereocenters. The third-order valence-corrected chi connectivity index (χ3v) is 4.85. The summed E-state index contributed by atoms with van der Waals surface area (Å²) in [6.07, 6.45) is -0.659. The zero-order valence-corrected chi connectivity index (χ0v) is 20.9. The molecule has 2 atom stereocenters. The third-order valence-electron chi connectivity index (χ3n) is 4.85. The first-order valence-electron chi connectivity index (χ1n) is 11.5. The molecule has 0 bridgehead atoms. The van der Waals surface area contributed by atoms with E-state index in [0.717, 1.165) is 5.56 Å². The Labute approximate surface area is 201 Å². The monoisotopic (exact) mass is 479 g/mol. The molecule has 9 nitrogen and oxygen atoms in total. The number of rotatable bonds is 12. The molecule has 1 N–H and O–H groups in total. The Kier molecular flexibility index (Phi) is 12.1. The lowest BCUT2D eigenvalue weighted by Gasteiger charge is -2.30. The van der Waals surface area contributed by atoms with Crippen molar-refractivity contribution in [3.63, 3.8) is 0 Å². The number of hydrogen-bond acceptors (Lipinski definition) is 8. The Balaban J connectivity index is 2.97. The first-order chi connectivity index (χ1) is 16.0. The smallest absolute Gasteiger partial charge is 0.407 e. The predicted molar refractivity (Wildman–Crippen MR) is 125 cm³/mol. The SMILES string of the molecule is CCOC(=O)C(C(=O)OCC)C(C)C(CCC(=O)OCc1ccccc1)NC(=O)OC(C)(C)C. The number of benzene rings is 1. The van der Waals surface area contributed by atoms with Gasteiger partial charge in [0, 0.05) is 18.4 Å². The van der Waals surface area contributed by atoms with Crippen molar-refractivity contribution in [3.05, 3.63) is 35.9 Å². The molecule has 34 heavy (non-hydrogen) atoms. The maximum atomic E-state index is 12.6. The fourth-order valence-electron chi connectivity index (χ4n) is 3.23. The van der Waals surface area contributed by atoms with Crippen LogP contribution in [0.25, 0.3) is 0 Å². The van der Waals surface area contributed by atoms with Crippen molar-refractivity contribution in [1.82, 2.24) is 5.32 Å². The van der Waals surface area contributed by atoms with Gasteiger partial charge in [0.15, 0.2) is 5.92 Å². The highest BCUT2D eigenvalue weighted by molar-refractivity contribution is 5.95. The zero-order valence-electron chi connectivity index (χ0n) is 20.9. The molecule has 0 aliphatic heterocycles. The first kappa shape index (κ1) is 28.9. The van der Waals surface area contributed by atoms with E-state index in [1.807, 2.05) is 30.3 Å². The number of esters is 3. The quantitative estimate of drug-likeness (QED) is 0.273. The molecule has 0 aromatic heterocycles. The number of ether oxygens (including phenoxy) is 4. The van der Waals surface area contributed by atoms with E-state index in [2.05, 4.69) is 5.32 Å². The summed E-state index contributed by atoms with van der Waals surface area (Å²) in [4.78, 5) is 49.9. The molecular weight excluding hydrogens is 442 g/mol. The highest BCUT2D eigenvalue weighted by atomic mass is 16.6. The molecule has 0 saturated carbocycles. The van der Waals surface area contributed by atoms with Gasteiger partial charge in [-0.25, -0.2) is 4.79 Å². The van der Waals surface area contributed by atoms with Crippen molar-refractivity contribution in [3.8, 4) is 0 Å². The number of carbonyl (C=O) groups excluding carboxylic acids is 4. The molecule has 190 valence electrons. The van der Waals surface area contributed by atoms with Crippen LogP contribution in [-0.4, -0.2) is 48.9 Å². The van der Waals surface area contributed by atoms with E-state index < -0.39 is 47.5 Å². The minimum atomic E-state index is -1.28. The number of carbonyl (C=O) groups is 4. The van der Waals surface area contributed by atoms with E-state index >= 15 is 0 Å². The van der Waals surface area contributed by atoms with Crippen LogP contribution in [0.15, 0.2) is 30.3 Å². The maximum Gasteiger partial charge on any atom is 0.407 e. The second-order valence-corrected chi connectivity index (χ2v) is 8.78. The second kappa shape index (κ2) is 14.2. The highest BCUT2D eigenvalue weighted by Gasteiger charge is 2.40. The van der Waals surface area contributed by atoms with Crippen molar-refractivity contribution in [2.75, 3.05) is 13.2 Å². The number of nitrogens with one attached hydrogen (secondary N) is 1. The standard InChI is InChI=1S/C25H37NO8/c1-7-31-22(28)21(23(29)32-8-2)17(3)19(26-24(30)34-25(4,5)6)14-15-20(27)33-16-18-12-10-9-11-13-18/h9-13,17,19,21H,7-8,14-16H2,1-6H3,(H,26,30). The molecule has 1 aromatic rings. The summed E-state index contributed by atoms with van der Waals surface area (Å²) in [6, 6.07) is 8.46. The normalized spacial score (nSPS) is 12.9. The number of alkyl carbamates (subject to hydrolysis) is 1. The molecule has 1 rings (SSSR count). The van der Waals surface area contributed by atoms with Gasteiger partial charge in [-0.15, -0.1) is 0 Å². The second-order valence-electron chi connectivity index (χ2n) is 8.78. The largest absolute Gasteiger partial charge is 0.465 e. The summed E-state index contributed by atoms with van der Waals surface area (Å²) in [5.74, 6) is -4.00. The van der Waals surface area contributed by atoms with Crippen LogP contribution in [0.2, 0.25) is 0 Å². The average Bonchev–Trinajstić information content (AvgIpc) is 2.75. The summed E-state index contributed by atoms with van der Waals surface area (Å²) in [5, 5.41) is 2.69. The van der Waals surface area contributed by atoms with Gasteiger partial charge in [0.1, 0.15) is 12.2 Å². The van der Waals surface area contributed by atoms with Gasteiger partial charge >= 0.3 is 24.0 Å². The Morgan fingerprint density at radius 2 is 1.47 bits per heavy atom. The van der Waals surface area contributed by atoms with Gasteiger partial charge in [-0.3, -0.25) is 14.4 Å². The van der Waals surface area contributed by atoms with Crippen LogP contribution in [0.1, 0.15) is 59.9 Å². The predicted octanol–water partition coefficient (Wildman–Crippen LogP) is 3.78. The zero-order chi connectivity index (χ0) is 25.7. The molecule has 0 saturated heterocycles. The van der Waals surface area contributed by atoms with E-state index in [0.29, 0.717) is 0 Å². The minimum Gasteiger partial charge on any atom is -0.465 e. The van der Waals surface area contributed by atoms with Crippen LogP contribution < -0.4 is 5.32 Å². The molecule has 0 aliphatic rings.